The number of aromatic nitrogens is 1. The van der Waals surface area contributed by atoms with Gasteiger partial charge in [0.25, 0.3) is 5.91 Å². The Balaban J connectivity index is 1.53. The Morgan fingerprint density at radius 3 is 2.60 bits per heavy atom. The summed E-state index contributed by atoms with van der Waals surface area (Å²) in [5.74, 6) is -1.17. The molecule has 0 saturated heterocycles. The van der Waals surface area contributed by atoms with E-state index < -0.39 is 24.2 Å². The third-order valence-electron chi connectivity index (χ3n) is 3.80. The van der Waals surface area contributed by atoms with Gasteiger partial charge in [0.05, 0.1) is 6.26 Å². The molecule has 0 saturated carbocycles. The topological polar surface area (TPSA) is 93.5 Å². The Labute approximate surface area is 172 Å². The van der Waals surface area contributed by atoms with Gasteiger partial charge < -0.3 is 19.8 Å². The van der Waals surface area contributed by atoms with Crippen molar-refractivity contribution in [2.24, 2.45) is 0 Å². The number of hydrogen-bond acceptors (Lipinski definition) is 6. The third-order valence-corrected chi connectivity index (χ3v) is 4.72. The molecule has 1 aromatic carbocycles. The largest absolute Gasteiger partial charge is 0.573 e. The van der Waals surface area contributed by atoms with E-state index in [-0.39, 0.29) is 11.5 Å². The minimum atomic E-state index is -4.74. The highest BCUT2D eigenvalue weighted by atomic mass is 32.1. The van der Waals surface area contributed by atoms with Crippen molar-refractivity contribution in [3.63, 3.8) is 0 Å². The fourth-order valence-electron chi connectivity index (χ4n) is 2.41. The highest BCUT2D eigenvalue weighted by molar-refractivity contribution is 7.15. The Bertz CT molecular complexity index is 1000. The average molecular weight is 439 g/mol. The smallest absolute Gasteiger partial charge is 0.459 e. The van der Waals surface area contributed by atoms with Crippen LogP contribution in [-0.4, -0.2) is 29.2 Å². The number of ether oxygens (including phenoxy) is 1. The molecular formula is C19H16F3N3O4S. The molecule has 0 aliphatic carbocycles. The van der Waals surface area contributed by atoms with Crippen LogP contribution in [0.1, 0.15) is 27.9 Å². The Kier molecular flexibility index (Phi) is 6.40. The van der Waals surface area contributed by atoms with E-state index in [0.29, 0.717) is 11.6 Å². The standard InChI is InChI=1S/C19H16F3N3O4S/c1-11(24-17(27)15-3-2-8-28-15)16(26)25-18-23-10-14(30-18)9-12-4-6-13(7-5-12)29-19(20,21)22/h2-8,10-11H,9H2,1H3,(H,24,27)(H,23,25,26)/t11-/m1/s1. The summed E-state index contributed by atoms with van der Waals surface area (Å²) in [6.45, 7) is 1.52. The van der Waals surface area contributed by atoms with E-state index >= 15 is 0 Å². The second kappa shape index (κ2) is 8.99. The van der Waals surface area contributed by atoms with E-state index in [2.05, 4.69) is 20.4 Å². The number of anilines is 1. The molecule has 2 N–H and O–H groups in total. The molecule has 0 spiro atoms. The molecule has 0 unspecified atom stereocenters. The zero-order chi connectivity index (χ0) is 21.7. The summed E-state index contributed by atoms with van der Waals surface area (Å²) in [6, 6.07) is 7.72. The first-order valence-corrected chi connectivity index (χ1v) is 9.46. The van der Waals surface area contributed by atoms with Gasteiger partial charge in [-0.1, -0.05) is 12.1 Å². The normalized spacial score (nSPS) is 12.3. The second-order valence-electron chi connectivity index (χ2n) is 6.16. The average Bonchev–Trinajstić information content (AvgIpc) is 3.34. The molecule has 3 rings (SSSR count). The number of carbonyl (C=O) groups is 2. The summed E-state index contributed by atoms with van der Waals surface area (Å²) in [4.78, 5) is 29.1. The number of nitrogens with zero attached hydrogens (tertiary/aromatic N) is 1. The van der Waals surface area contributed by atoms with Crippen molar-refractivity contribution in [3.8, 4) is 5.75 Å². The van der Waals surface area contributed by atoms with E-state index in [0.717, 1.165) is 10.4 Å². The van der Waals surface area contributed by atoms with Crippen LogP contribution >= 0.6 is 11.3 Å². The van der Waals surface area contributed by atoms with Crippen molar-refractivity contribution in [3.05, 3.63) is 65.1 Å². The lowest BCUT2D eigenvalue weighted by atomic mass is 10.1. The van der Waals surface area contributed by atoms with Gasteiger partial charge in [0, 0.05) is 17.5 Å². The Hall–Kier alpha value is -3.34. The zero-order valence-electron chi connectivity index (χ0n) is 15.5. The molecule has 11 heteroatoms. The van der Waals surface area contributed by atoms with E-state index in [1.165, 1.54) is 54.9 Å². The van der Waals surface area contributed by atoms with Gasteiger partial charge in [-0.15, -0.1) is 24.5 Å². The predicted octanol–water partition coefficient (Wildman–Crippen LogP) is 3.98. The van der Waals surface area contributed by atoms with Crippen molar-refractivity contribution in [2.75, 3.05) is 5.32 Å². The zero-order valence-corrected chi connectivity index (χ0v) is 16.3. The highest BCUT2D eigenvalue weighted by Crippen LogP contribution is 2.25. The van der Waals surface area contributed by atoms with Gasteiger partial charge in [-0.05, 0) is 36.8 Å². The van der Waals surface area contributed by atoms with E-state index in [9.17, 15) is 22.8 Å². The SMILES string of the molecule is C[C@@H](NC(=O)c1ccco1)C(=O)Nc1ncc(Cc2ccc(OC(F)(F)F)cc2)s1. The van der Waals surface area contributed by atoms with Crippen LogP contribution in [0.25, 0.3) is 0 Å². The van der Waals surface area contributed by atoms with E-state index in [1.54, 1.807) is 12.3 Å². The summed E-state index contributed by atoms with van der Waals surface area (Å²) in [5, 5.41) is 5.46. The van der Waals surface area contributed by atoms with Crippen LogP contribution in [0.3, 0.4) is 0 Å². The van der Waals surface area contributed by atoms with Crippen molar-refractivity contribution in [1.82, 2.24) is 10.3 Å². The van der Waals surface area contributed by atoms with Gasteiger partial charge in [0.2, 0.25) is 5.91 Å². The Morgan fingerprint density at radius 1 is 1.23 bits per heavy atom. The lowest BCUT2D eigenvalue weighted by Gasteiger charge is -2.11. The summed E-state index contributed by atoms with van der Waals surface area (Å²) in [6.07, 6.45) is -1.40. The fraction of sp³-hybridized carbons (Fsp3) is 0.211. The summed E-state index contributed by atoms with van der Waals surface area (Å²) >= 11 is 1.22. The number of thiazole rings is 1. The Morgan fingerprint density at radius 2 is 1.97 bits per heavy atom. The van der Waals surface area contributed by atoms with E-state index in [4.69, 9.17) is 4.42 Å². The minimum Gasteiger partial charge on any atom is -0.459 e. The number of carbonyl (C=O) groups excluding carboxylic acids is 2. The molecule has 2 amide bonds. The molecule has 0 fully saturated rings. The first-order chi connectivity index (χ1) is 14.2. The predicted molar refractivity (Wildman–Crippen MR) is 102 cm³/mol. The molecule has 0 radical (unpaired) electrons. The number of halogens is 3. The maximum absolute atomic E-state index is 12.2. The van der Waals surface area contributed by atoms with Crippen LogP contribution in [0.15, 0.2) is 53.3 Å². The van der Waals surface area contributed by atoms with Crippen LogP contribution in [0.4, 0.5) is 18.3 Å². The molecule has 1 atom stereocenters. The second-order valence-corrected chi connectivity index (χ2v) is 7.28. The number of rotatable bonds is 7. The van der Waals surface area contributed by atoms with Gasteiger partial charge in [-0.3, -0.25) is 9.59 Å². The summed E-state index contributed by atoms with van der Waals surface area (Å²) in [7, 11) is 0. The van der Waals surface area contributed by atoms with Crippen molar-refractivity contribution in [2.45, 2.75) is 25.7 Å². The molecule has 0 bridgehead atoms. The first kappa shape index (κ1) is 21.4. The van der Waals surface area contributed by atoms with Crippen molar-refractivity contribution in [1.29, 1.82) is 0 Å². The van der Waals surface area contributed by atoms with Gasteiger partial charge in [0.15, 0.2) is 10.9 Å². The van der Waals surface area contributed by atoms with Crippen LogP contribution in [0, 0.1) is 0 Å². The summed E-state index contributed by atoms with van der Waals surface area (Å²) in [5.41, 5.74) is 0.755. The number of hydrogen-bond donors (Lipinski definition) is 2. The molecule has 0 aliphatic heterocycles. The first-order valence-electron chi connectivity index (χ1n) is 8.64. The monoisotopic (exact) mass is 439 g/mol. The lowest BCUT2D eigenvalue weighted by molar-refractivity contribution is -0.274. The van der Waals surface area contributed by atoms with Crippen molar-refractivity contribution >= 4 is 28.3 Å². The van der Waals surface area contributed by atoms with Crippen molar-refractivity contribution < 1.29 is 31.9 Å². The highest BCUT2D eigenvalue weighted by Gasteiger charge is 2.31. The van der Waals surface area contributed by atoms with Gasteiger partial charge in [-0.2, -0.15) is 0 Å². The van der Waals surface area contributed by atoms with Gasteiger partial charge in [0.1, 0.15) is 11.8 Å². The van der Waals surface area contributed by atoms with Crippen LogP contribution < -0.4 is 15.4 Å². The number of nitrogens with one attached hydrogen (secondary N) is 2. The van der Waals surface area contributed by atoms with Crippen LogP contribution in [0.5, 0.6) is 5.75 Å². The van der Waals surface area contributed by atoms with Crippen LogP contribution in [0.2, 0.25) is 0 Å². The molecule has 30 heavy (non-hydrogen) atoms. The maximum atomic E-state index is 12.2. The fourth-order valence-corrected chi connectivity index (χ4v) is 3.26. The molecule has 0 aliphatic rings. The van der Waals surface area contributed by atoms with Gasteiger partial charge >= 0.3 is 6.36 Å². The number of furan rings is 1. The van der Waals surface area contributed by atoms with Crippen LogP contribution in [-0.2, 0) is 11.2 Å². The number of benzene rings is 1. The minimum absolute atomic E-state index is 0.0952. The molecule has 158 valence electrons. The lowest BCUT2D eigenvalue weighted by Crippen LogP contribution is -2.41. The third kappa shape index (κ3) is 6.08. The molecule has 3 aromatic rings. The number of amides is 2. The molecule has 2 aromatic heterocycles. The molecule has 7 nitrogen and oxygen atoms in total. The summed E-state index contributed by atoms with van der Waals surface area (Å²) < 4.78 is 45.4. The van der Waals surface area contributed by atoms with Gasteiger partial charge in [-0.25, -0.2) is 4.98 Å². The van der Waals surface area contributed by atoms with E-state index in [1.807, 2.05) is 0 Å². The number of alkyl halides is 3. The maximum Gasteiger partial charge on any atom is 0.573 e. The molecular weight excluding hydrogens is 423 g/mol. The molecule has 2 heterocycles. The quantitative estimate of drug-likeness (QED) is 0.581.